The lowest BCUT2D eigenvalue weighted by atomic mass is 9.92. The van der Waals surface area contributed by atoms with Crippen molar-refractivity contribution in [2.75, 3.05) is 20.2 Å². The molecule has 7 nitrogen and oxygen atoms in total. The summed E-state index contributed by atoms with van der Waals surface area (Å²) in [6, 6.07) is 6.56. The number of aromatic amines is 1. The smallest absolute Gasteiger partial charge is 0.339 e. The summed E-state index contributed by atoms with van der Waals surface area (Å²) >= 11 is 6.24. The molecule has 0 bridgehead atoms. The third-order valence-corrected chi connectivity index (χ3v) is 6.73. The van der Waals surface area contributed by atoms with Crippen LogP contribution < -0.4 is 15.8 Å². The number of nitrogens with one attached hydrogen (secondary N) is 1. The number of hydrogen-bond donors (Lipinski definition) is 1. The van der Waals surface area contributed by atoms with Crippen molar-refractivity contribution in [3.05, 3.63) is 72.4 Å². The number of amides is 1. The van der Waals surface area contributed by atoms with Gasteiger partial charge in [0.25, 0.3) is 0 Å². The predicted octanol–water partition coefficient (Wildman–Crippen LogP) is 4.10. The number of carbonyl (C=O) groups excluding carboxylic acids is 1. The highest BCUT2D eigenvalue weighted by molar-refractivity contribution is 6.32. The van der Waals surface area contributed by atoms with E-state index < -0.39 is 5.63 Å². The Balaban J connectivity index is 1.43. The van der Waals surface area contributed by atoms with Crippen LogP contribution in [0.3, 0.4) is 0 Å². The van der Waals surface area contributed by atoms with Crippen LogP contribution in [0.25, 0.3) is 11.0 Å². The maximum absolute atomic E-state index is 12.8. The van der Waals surface area contributed by atoms with Gasteiger partial charge in [-0.2, -0.15) is 0 Å². The van der Waals surface area contributed by atoms with Crippen LogP contribution in [0.15, 0.2) is 38.3 Å². The minimum absolute atomic E-state index is 0.00377. The molecule has 1 amide bonds. The van der Waals surface area contributed by atoms with Crippen molar-refractivity contribution < 1.29 is 13.9 Å². The minimum atomic E-state index is -0.445. The molecule has 0 spiro atoms. The van der Waals surface area contributed by atoms with E-state index in [4.69, 9.17) is 20.8 Å². The van der Waals surface area contributed by atoms with Crippen LogP contribution >= 0.6 is 11.6 Å². The third kappa shape index (κ3) is 4.83. The van der Waals surface area contributed by atoms with E-state index in [2.05, 4.69) is 4.98 Å². The molecule has 1 saturated heterocycles. The number of rotatable bonds is 5. The second-order valence-electron chi connectivity index (χ2n) is 8.59. The number of halogens is 1. The molecule has 8 heteroatoms. The van der Waals surface area contributed by atoms with E-state index in [1.54, 1.807) is 24.3 Å². The van der Waals surface area contributed by atoms with Crippen LogP contribution in [0.4, 0.5) is 0 Å². The van der Waals surface area contributed by atoms with Gasteiger partial charge in [-0.05, 0) is 44.7 Å². The molecule has 0 radical (unpaired) electrons. The van der Waals surface area contributed by atoms with Gasteiger partial charge in [-0.25, -0.2) is 4.79 Å². The van der Waals surface area contributed by atoms with Crippen LogP contribution in [0, 0.1) is 13.8 Å². The van der Waals surface area contributed by atoms with Crippen molar-refractivity contribution in [2.45, 2.75) is 45.4 Å². The summed E-state index contributed by atoms with van der Waals surface area (Å²) in [6.45, 7) is 4.97. The van der Waals surface area contributed by atoms with E-state index in [0.717, 1.165) is 35.2 Å². The number of carbonyl (C=O) groups is 1. The molecular formula is C25H27ClN2O5. The summed E-state index contributed by atoms with van der Waals surface area (Å²) in [5.74, 6) is 0.684. The highest BCUT2D eigenvalue weighted by Crippen LogP contribution is 2.32. The van der Waals surface area contributed by atoms with Gasteiger partial charge >= 0.3 is 5.63 Å². The highest BCUT2D eigenvalue weighted by Gasteiger charge is 2.25. The fourth-order valence-corrected chi connectivity index (χ4v) is 4.83. The van der Waals surface area contributed by atoms with E-state index in [0.29, 0.717) is 41.4 Å². The van der Waals surface area contributed by atoms with E-state index >= 15 is 0 Å². The molecule has 3 heterocycles. The molecule has 1 N–H and O–H groups in total. The van der Waals surface area contributed by atoms with E-state index in [9.17, 15) is 14.4 Å². The predicted molar refractivity (Wildman–Crippen MR) is 127 cm³/mol. The summed E-state index contributed by atoms with van der Waals surface area (Å²) in [5.41, 5.74) is 3.01. The number of aryl methyl sites for hydroxylation is 2. The fraction of sp³-hybridized carbons (Fsp3) is 0.400. The first-order chi connectivity index (χ1) is 15.8. The van der Waals surface area contributed by atoms with Crippen LogP contribution in [0.5, 0.6) is 5.75 Å². The molecule has 0 atom stereocenters. The topological polar surface area (TPSA) is 92.6 Å². The van der Waals surface area contributed by atoms with Gasteiger partial charge in [0.15, 0.2) is 5.43 Å². The molecule has 174 valence electrons. The number of hydrogen-bond acceptors (Lipinski definition) is 5. The maximum Gasteiger partial charge on any atom is 0.339 e. The second-order valence-corrected chi connectivity index (χ2v) is 8.99. The number of likely N-dealkylation sites (tertiary alicyclic amines) is 1. The fourth-order valence-electron chi connectivity index (χ4n) is 4.59. The Morgan fingerprint density at radius 3 is 2.58 bits per heavy atom. The van der Waals surface area contributed by atoms with E-state index in [1.165, 1.54) is 7.11 Å². The number of piperidine rings is 1. The molecule has 1 fully saturated rings. The lowest BCUT2D eigenvalue weighted by Gasteiger charge is -2.32. The van der Waals surface area contributed by atoms with Gasteiger partial charge < -0.3 is 19.0 Å². The van der Waals surface area contributed by atoms with Crippen molar-refractivity contribution >= 4 is 28.5 Å². The zero-order chi connectivity index (χ0) is 23.7. The summed E-state index contributed by atoms with van der Waals surface area (Å²) in [7, 11) is 1.50. The number of fused-ring (bicyclic) bond motifs is 1. The van der Waals surface area contributed by atoms with Gasteiger partial charge in [-0.3, -0.25) is 9.59 Å². The number of ether oxygens (including phenoxy) is 1. The molecule has 1 aliphatic heterocycles. The number of pyridine rings is 1. The Labute approximate surface area is 196 Å². The SMILES string of the molecule is COc1cc2oc(=O)c(CCC(=O)N3CCC(c4cc(=O)cc(C)[nH]4)CC3)c(C)c2cc1Cl. The highest BCUT2D eigenvalue weighted by atomic mass is 35.5. The average molecular weight is 471 g/mol. The van der Waals surface area contributed by atoms with Gasteiger partial charge in [0, 0.05) is 66.0 Å². The summed E-state index contributed by atoms with van der Waals surface area (Å²) in [4.78, 5) is 42.4. The second kappa shape index (κ2) is 9.43. The van der Waals surface area contributed by atoms with Gasteiger partial charge in [0.1, 0.15) is 11.3 Å². The molecule has 2 aromatic heterocycles. The Bertz CT molecular complexity index is 1320. The molecule has 3 aromatic rings. The zero-order valence-corrected chi connectivity index (χ0v) is 19.8. The van der Waals surface area contributed by atoms with E-state index in [1.807, 2.05) is 18.7 Å². The molecule has 4 rings (SSSR count). The minimum Gasteiger partial charge on any atom is -0.495 e. The first-order valence-electron chi connectivity index (χ1n) is 11.0. The van der Waals surface area contributed by atoms with Crippen molar-refractivity contribution in [3.8, 4) is 5.75 Å². The Hall–Kier alpha value is -3.06. The van der Waals surface area contributed by atoms with Gasteiger partial charge in [0.05, 0.1) is 12.1 Å². The number of H-pyrrole nitrogens is 1. The lowest BCUT2D eigenvalue weighted by Crippen LogP contribution is -2.38. The van der Waals surface area contributed by atoms with Crippen molar-refractivity contribution in [1.29, 1.82) is 0 Å². The summed E-state index contributed by atoms with van der Waals surface area (Å²) in [5, 5.41) is 1.16. The number of methoxy groups -OCH3 is 1. The third-order valence-electron chi connectivity index (χ3n) is 6.43. The zero-order valence-electron chi connectivity index (χ0n) is 19.0. The van der Waals surface area contributed by atoms with Crippen LogP contribution in [-0.2, 0) is 11.2 Å². The number of benzene rings is 1. The molecule has 0 unspecified atom stereocenters. The quantitative estimate of drug-likeness (QED) is 0.567. The monoisotopic (exact) mass is 470 g/mol. The first kappa shape index (κ1) is 23.1. The first-order valence-corrected chi connectivity index (χ1v) is 11.4. The average Bonchev–Trinajstić information content (AvgIpc) is 2.78. The van der Waals surface area contributed by atoms with Gasteiger partial charge in [0.2, 0.25) is 5.91 Å². The van der Waals surface area contributed by atoms with Gasteiger partial charge in [-0.1, -0.05) is 11.6 Å². The van der Waals surface area contributed by atoms with Crippen molar-refractivity contribution in [3.63, 3.8) is 0 Å². The molecular weight excluding hydrogens is 444 g/mol. The molecule has 33 heavy (non-hydrogen) atoms. The summed E-state index contributed by atoms with van der Waals surface area (Å²) in [6.07, 6.45) is 2.12. The molecule has 0 aliphatic carbocycles. The largest absolute Gasteiger partial charge is 0.495 e. The van der Waals surface area contributed by atoms with Gasteiger partial charge in [-0.15, -0.1) is 0 Å². The maximum atomic E-state index is 12.8. The van der Waals surface area contributed by atoms with Crippen molar-refractivity contribution in [1.82, 2.24) is 9.88 Å². The Morgan fingerprint density at radius 2 is 1.91 bits per heavy atom. The number of nitrogens with zero attached hydrogens (tertiary/aromatic N) is 1. The van der Waals surface area contributed by atoms with Crippen LogP contribution in [0.2, 0.25) is 5.02 Å². The Morgan fingerprint density at radius 1 is 1.18 bits per heavy atom. The lowest BCUT2D eigenvalue weighted by molar-refractivity contribution is -0.132. The van der Waals surface area contributed by atoms with E-state index in [-0.39, 0.29) is 23.7 Å². The van der Waals surface area contributed by atoms with Crippen LogP contribution in [0.1, 0.15) is 47.7 Å². The van der Waals surface area contributed by atoms with Crippen molar-refractivity contribution in [2.24, 2.45) is 0 Å². The molecule has 1 aromatic carbocycles. The molecule has 0 saturated carbocycles. The number of aromatic nitrogens is 1. The summed E-state index contributed by atoms with van der Waals surface area (Å²) < 4.78 is 10.7. The van der Waals surface area contributed by atoms with Crippen LogP contribution in [-0.4, -0.2) is 36.0 Å². The molecule has 1 aliphatic rings. The normalized spacial score (nSPS) is 14.6. The standard InChI is InChI=1S/C25H27ClN2O5/c1-14-10-17(29)11-21(27-14)16-6-8-28(9-7-16)24(30)5-4-18-15(2)19-12-20(26)23(32-3)13-22(19)33-25(18)31/h10-13,16H,4-9H2,1-3H3,(H,27,29). The Kier molecular flexibility index (Phi) is 6.61.